The molecule has 0 amide bonds. The number of allylic oxidation sites excluding steroid dienone is 4. The summed E-state index contributed by atoms with van der Waals surface area (Å²) in [5.74, 6) is 0. The highest BCUT2D eigenvalue weighted by Gasteiger charge is 2.19. The Balaban J connectivity index is 1.08. The van der Waals surface area contributed by atoms with Gasteiger partial charge in [-0.25, -0.2) is 0 Å². The quantitative estimate of drug-likeness (QED) is 0.119. The van der Waals surface area contributed by atoms with Crippen molar-refractivity contribution in [1.29, 1.82) is 0 Å². The van der Waals surface area contributed by atoms with E-state index in [1.807, 2.05) is 0 Å². The fraction of sp³-hybridized carbons (Fsp3) is 0.0690. The maximum absolute atomic E-state index is 2.45. The van der Waals surface area contributed by atoms with Gasteiger partial charge in [-0.15, -0.1) is 0 Å². The molecule has 284 valence electrons. The Morgan fingerprint density at radius 3 is 1.42 bits per heavy atom. The van der Waals surface area contributed by atoms with Crippen LogP contribution in [0, 0.1) is 0 Å². The van der Waals surface area contributed by atoms with E-state index in [0.29, 0.717) is 0 Å². The zero-order valence-corrected chi connectivity index (χ0v) is 33.3. The van der Waals surface area contributed by atoms with Crippen molar-refractivity contribution in [1.82, 2.24) is 0 Å². The minimum Gasteiger partial charge on any atom is -0.310 e. The molecule has 59 heavy (non-hydrogen) atoms. The van der Waals surface area contributed by atoms with Crippen molar-refractivity contribution in [2.24, 2.45) is 0 Å². The summed E-state index contributed by atoms with van der Waals surface area (Å²) in [5, 5.41) is 2.43. The average Bonchev–Trinajstić information content (AvgIpc) is 3.31. The van der Waals surface area contributed by atoms with Gasteiger partial charge in [-0.05, 0) is 117 Å². The van der Waals surface area contributed by atoms with E-state index in [-0.39, 0.29) is 0 Å². The second-order valence-corrected chi connectivity index (χ2v) is 15.1. The Kier molecular flexibility index (Phi) is 11.4. The third-order valence-corrected chi connectivity index (χ3v) is 11.3. The summed E-state index contributed by atoms with van der Waals surface area (Å²) < 4.78 is 0. The molecular formula is C58H47N. The lowest BCUT2D eigenvalue weighted by molar-refractivity contribution is 0.685. The van der Waals surface area contributed by atoms with Gasteiger partial charge < -0.3 is 4.90 Å². The van der Waals surface area contributed by atoms with Crippen LogP contribution in [0.15, 0.2) is 224 Å². The predicted octanol–water partition coefficient (Wildman–Crippen LogP) is 15.5. The minimum atomic E-state index is 1.13. The third kappa shape index (κ3) is 8.56. The molecule has 0 fully saturated rings. The number of hydrogen-bond acceptors (Lipinski definition) is 1. The molecule has 1 aliphatic carbocycles. The molecule has 0 saturated heterocycles. The highest BCUT2D eigenvalue weighted by Crippen LogP contribution is 2.41. The molecule has 0 N–H and O–H groups in total. The number of aryl methyl sites for hydroxylation is 2. The van der Waals surface area contributed by atoms with E-state index in [4.69, 9.17) is 0 Å². The minimum absolute atomic E-state index is 1.13. The zero-order chi connectivity index (χ0) is 39.6. The van der Waals surface area contributed by atoms with Gasteiger partial charge in [0.1, 0.15) is 0 Å². The Morgan fingerprint density at radius 2 is 0.864 bits per heavy atom. The fourth-order valence-corrected chi connectivity index (χ4v) is 8.36. The van der Waals surface area contributed by atoms with Crippen LogP contribution in [0.5, 0.6) is 0 Å². The first-order chi connectivity index (χ1) is 29.3. The lowest BCUT2D eigenvalue weighted by Crippen LogP contribution is -2.12. The Hall–Kier alpha value is -7.22. The van der Waals surface area contributed by atoms with Gasteiger partial charge in [-0.2, -0.15) is 0 Å². The number of fused-ring (bicyclic) bond motifs is 2. The highest BCUT2D eigenvalue weighted by molar-refractivity contribution is 6.03. The molecule has 0 aliphatic heterocycles. The first-order valence-electron chi connectivity index (χ1n) is 20.8. The SMILES string of the molecule is C(=Cc1ccc(N(c2ccc3c(c2)CCCC3)c2ccc(C=CC=C(c3ccccc3)c3ccccc3)c3ccccc23)cc1)C=C(c1ccccc1)c1ccccc1. The molecule has 0 heterocycles. The maximum Gasteiger partial charge on any atom is 0.0540 e. The summed E-state index contributed by atoms with van der Waals surface area (Å²) in [6, 6.07) is 72.0. The van der Waals surface area contributed by atoms with Crippen molar-refractivity contribution < 1.29 is 0 Å². The largest absolute Gasteiger partial charge is 0.310 e. The second kappa shape index (κ2) is 17.9. The van der Waals surface area contributed by atoms with Crippen LogP contribution in [0.2, 0.25) is 0 Å². The van der Waals surface area contributed by atoms with Crippen LogP contribution in [-0.2, 0) is 12.8 Å². The highest BCUT2D eigenvalue weighted by atomic mass is 15.1. The molecular weight excluding hydrogens is 711 g/mol. The number of rotatable bonds is 11. The van der Waals surface area contributed by atoms with E-state index in [9.17, 15) is 0 Å². The van der Waals surface area contributed by atoms with Crippen LogP contribution >= 0.6 is 0 Å². The summed E-state index contributed by atoms with van der Waals surface area (Å²) in [5.41, 5.74) is 16.0. The monoisotopic (exact) mass is 757 g/mol. The summed E-state index contributed by atoms with van der Waals surface area (Å²) in [6.07, 6.45) is 18.1. The van der Waals surface area contributed by atoms with Gasteiger partial charge in [-0.1, -0.05) is 206 Å². The summed E-state index contributed by atoms with van der Waals surface area (Å²) >= 11 is 0. The normalized spacial score (nSPS) is 12.3. The van der Waals surface area contributed by atoms with Crippen molar-refractivity contribution in [2.45, 2.75) is 25.7 Å². The van der Waals surface area contributed by atoms with E-state index >= 15 is 0 Å². The molecule has 0 atom stereocenters. The van der Waals surface area contributed by atoms with Crippen molar-refractivity contribution in [3.63, 3.8) is 0 Å². The van der Waals surface area contributed by atoms with Gasteiger partial charge in [0.05, 0.1) is 5.69 Å². The van der Waals surface area contributed by atoms with Crippen LogP contribution < -0.4 is 4.90 Å². The molecule has 8 aromatic rings. The van der Waals surface area contributed by atoms with Crippen LogP contribution in [-0.4, -0.2) is 0 Å². The van der Waals surface area contributed by atoms with Gasteiger partial charge in [0, 0.05) is 16.8 Å². The first-order valence-corrected chi connectivity index (χ1v) is 20.8. The maximum atomic E-state index is 2.45. The predicted molar refractivity (Wildman–Crippen MR) is 253 cm³/mol. The molecule has 0 bridgehead atoms. The Morgan fingerprint density at radius 1 is 0.390 bits per heavy atom. The second-order valence-electron chi connectivity index (χ2n) is 15.1. The van der Waals surface area contributed by atoms with Crippen LogP contribution in [0.25, 0.3) is 34.1 Å². The van der Waals surface area contributed by atoms with Crippen molar-refractivity contribution in [2.75, 3.05) is 4.90 Å². The van der Waals surface area contributed by atoms with Crippen LogP contribution in [0.1, 0.15) is 57.3 Å². The van der Waals surface area contributed by atoms with E-state index in [2.05, 4.69) is 242 Å². The average molecular weight is 758 g/mol. The molecule has 0 unspecified atom stereocenters. The van der Waals surface area contributed by atoms with E-state index in [1.165, 1.54) is 85.1 Å². The van der Waals surface area contributed by atoms with E-state index in [1.54, 1.807) is 0 Å². The molecule has 1 heteroatoms. The van der Waals surface area contributed by atoms with Crippen molar-refractivity contribution >= 4 is 51.1 Å². The number of nitrogens with zero attached hydrogens (tertiary/aromatic N) is 1. The molecule has 9 rings (SSSR count). The lowest BCUT2D eigenvalue weighted by Gasteiger charge is -2.29. The number of benzene rings is 8. The van der Waals surface area contributed by atoms with E-state index < -0.39 is 0 Å². The standard InChI is InChI=1S/C58H47N/c1-5-21-46(22-6-1)54(47-23-7-2-8-24-47)33-17-19-44-35-39-52(40-36-44)59(53-41-37-45-20-13-14-29-51(45)43-53)58-42-38-50(56-31-15-16-32-57(56)58)30-18-34-55(48-25-9-3-10-26-48)49-27-11-4-12-28-49/h1-12,15-19,21-28,30-43H,13-14,20,29H2. The molecule has 1 nitrogen and oxygen atoms in total. The van der Waals surface area contributed by atoms with Gasteiger partial charge in [-0.3, -0.25) is 0 Å². The fourth-order valence-electron chi connectivity index (χ4n) is 8.36. The van der Waals surface area contributed by atoms with E-state index in [0.717, 1.165) is 24.1 Å². The van der Waals surface area contributed by atoms with Crippen LogP contribution in [0.4, 0.5) is 17.1 Å². The topological polar surface area (TPSA) is 3.24 Å². The molecule has 1 aliphatic rings. The Labute approximate surface area is 349 Å². The third-order valence-electron chi connectivity index (χ3n) is 11.3. The van der Waals surface area contributed by atoms with Gasteiger partial charge in [0.2, 0.25) is 0 Å². The van der Waals surface area contributed by atoms with Crippen molar-refractivity contribution in [3.05, 3.63) is 269 Å². The number of anilines is 3. The summed E-state index contributed by atoms with van der Waals surface area (Å²) in [6.45, 7) is 0. The first kappa shape index (κ1) is 37.4. The molecule has 0 spiro atoms. The Bertz CT molecular complexity index is 2690. The molecule has 8 aromatic carbocycles. The van der Waals surface area contributed by atoms with Gasteiger partial charge in [0.25, 0.3) is 0 Å². The smallest absolute Gasteiger partial charge is 0.0540 e. The summed E-state index contributed by atoms with van der Waals surface area (Å²) in [7, 11) is 0. The van der Waals surface area contributed by atoms with Crippen molar-refractivity contribution in [3.8, 4) is 0 Å². The van der Waals surface area contributed by atoms with Crippen LogP contribution in [0.3, 0.4) is 0 Å². The summed E-state index contributed by atoms with van der Waals surface area (Å²) in [4.78, 5) is 2.45. The molecule has 0 radical (unpaired) electrons. The molecule has 0 saturated carbocycles. The van der Waals surface area contributed by atoms with Gasteiger partial charge in [0.15, 0.2) is 0 Å². The molecule has 0 aromatic heterocycles. The van der Waals surface area contributed by atoms with Gasteiger partial charge >= 0.3 is 0 Å². The zero-order valence-electron chi connectivity index (χ0n) is 33.3. The number of hydrogen-bond donors (Lipinski definition) is 0. The lowest BCUT2D eigenvalue weighted by atomic mass is 9.91.